The highest BCUT2D eigenvalue weighted by atomic mass is 19.4. The van der Waals surface area contributed by atoms with E-state index < -0.39 is 18.8 Å². The van der Waals surface area contributed by atoms with Crippen LogP contribution < -0.4 is 10.5 Å². The Morgan fingerprint density at radius 2 is 2.00 bits per heavy atom. The molecule has 0 radical (unpaired) electrons. The Kier molecular flexibility index (Phi) is 5.63. The van der Waals surface area contributed by atoms with Crippen molar-refractivity contribution < 1.29 is 32.2 Å². The predicted octanol–water partition coefficient (Wildman–Crippen LogP) is 2.01. The molecule has 0 amide bonds. The number of hydrogen-bond donors (Lipinski definition) is 1. The Morgan fingerprint density at radius 1 is 1.30 bits per heavy atom. The van der Waals surface area contributed by atoms with Gasteiger partial charge in [-0.25, -0.2) is 4.79 Å². The minimum absolute atomic E-state index is 0.0835. The number of esters is 1. The van der Waals surface area contributed by atoms with E-state index in [1.165, 1.54) is 13.2 Å². The molecule has 0 fully saturated rings. The zero-order valence-corrected chi connectivity index (χ0v) is 10.7. The van der Waals surface area contributed by atoms with E-state index in [1.807, 2.05) is 0 Å². The van der Waals surface area contributed by atoms with Crippen molar-refractivity contribution in [1.82, 2.24) is 0 Å². The molecular formula is C12H14F3NO4. The molecule has 20 heavy (non-hydrogen) atoms. The molecule has 1 rings (SSSR count). The fraction of sp³-hybridized carbons (Fsp3) is 0.417. The first kappa shape index (κ1) is 16.1. The van der Waals surface area contributed by atoms with Gasteiger partial charge >= 0.3 is 12.1 Å². The van der Waals surface area contributed by atoms with Crippen molar-refractivity contribution in [3.63, 3.8) is 0 Å². The highest BCUT2D eigenvalue weighted by molar-refractivity contribution is 5.96. The van der Waals surface area contributed by atoms with Gasteiger partial charge in [-0.2, -0.15) is 13.2 Å². The molecule has 2 N–H and O–H groups in total. The van der Waals surface area contributed by atoms with Crippen LogP contribution in [0.4, 0.5) is 18.9 Å². The number of halogens is 3. The lowest BCUT2D eigenvalue weighted by Crippen LogP contribution is -2.20. The number of anilines is 1. The van der Waals surface area contributed by atoms with Crippen LogP contribution in [0.3, 0.4) is 0 Å². The van der Waals surface area contributed by atoms with Crippen LogP contribution in [-0.4, -0.2) is 39.1 Å². The summed E-state index contributed by atoms with van der Waals surface area (Å²) >= 11 is 0. The van der Waals surface area contributed by atoms with Crippen molar-refractivity contribution in [3.05, 3.63) is 23.8 Å². The third-order valence-electron chi connectivity index (χ3n) is 2.23. The lowest BCUT2D eigenvalue weighted by atomic mass is 10.1. The van der Waals surface area contributed by atoms with Gasteiger partial charge in [0.25, 0.3) is 0 Å². The van der Waals surface area contributed by atoms with Gasteiger partial charge in [0.1, 0.15) is 19.0 Å². The number of nitrogen functional groups attached to an aromatic ring is 1. The minimum Gasteiger partial charge on any atom is -0.495 e. The second-order valence-corrected chi connectivity index (χ2v) is 3.73. The zero-order valence-electron chi connectivity index (χ0n) is 10.7. The number of nitrogens with two attached hydrogens (primary N) is 1. The second-order valence-electron chi connectivity index (χ2n) is 3.73. The van der Waals surface area contributed by atoms with E-state index in [-0.39, 0.29) is 24.5 Å². The molecule has 0 bridgehead atoms. The molecule has 5 nitrogen and oxygen atoms in total. The lowest BCUT2D eigenvalue weighted by molar-refractivity contribution is -0.175. The summed E-state index contributed by atoms with van der Waals surface area (Å²) in [4.78, 5) is 11.7. The van der Waals surface area contributed by atoms with Crippen LogP contribution in [0.5, 0.6) is 5.75 Å². The zero-order chi connectivity index (χ0) is 15.2. The van der Waals surface area contributed by atoms with Gasteiger partial charge in [-0.3, -0.25) is 0 Å². The average Bonchev–Trinajstić information content (AvgIpc) is 2.37. The molecule has 0 aliphatic heterocycles. The summed E-state index contributed by atoms with van der Waals surface area (Å²) in [6.45, 7) is -2.04. The maximum Gasteiger partial charge on any atom is 0.411 e. The van der Waals surface area contributed by atoms with Crippen molar-refractivity contribution in [3.8, 4) is 5.75 Å². The number of hydrogen-bond acceptors (Lipinski definition) is 5. The average molecular weight is 293 g/mol. The van der Waals surface area contributed by atoms with Gasteiger partial charge < -0.3 is 19.9 Å². The summed E-state index contributed by atoms with van der Waals surface area (Å²) in [5, 5.41) is 0. The number of rotatable bonds is 6. The third kappa shape index (κ3) is 4.96. The standard InChI is InChI=1S/C12H14F3NO4/c1-18-9-4-2-3-8(10(9)16)11(17)20-6-5-19-7-12(13,14)15/h2-4H,5-7,16H2,1H3. The highest BCUT2D eigenvalue weighted by Gasteiger charge is 2.27. The van der Waals surface area contributed by atoms with E-state index in [0.717, 1.165) is 0 Å². The molecule has 0 saturated heterocycles. The van der Waals surface area contributed by atoms with Crippen LogP contribution in [0.25, 0.3) is 0 Å². The van der Waals surface area contributed by atoms with Crippen LogP contribution in [0.1, 0.15) is 10.4 Å². The smallest absolute Gasteiger partial charge is 0.411 e. The molecule has 0 aliphatic rings. The van der Waals surface area contributed by atoms with Crippen LogP contribution in [-0.2, 0) is 9.47 Å². The van der Waals surface area contributed by atoms with Gasteiger partial charge in [0, 0.05) is 0 Å². The molecule has 0 unspecified atom stereocenters. The van der Waals surface area contributed by atoms with E-state index in [9.17, 15) is 18.0 Å². The van der Waals surface area contributed by atoms with E-state index >= 15 is 0 Å². The maximum absolute atomic E-state index is 11.8. The first-order valence-electron chi connectivity index (χ1n) is 5.59. The number of ether oxygens (including phenoxy) is 3. The molecule has 1 aromatic rings. The maximum atomic E-state index is 11.8. The Morgan fingerprint density at radius 3 is 2.60 bits per heavy atom. The summed E-state index contributed by atoms with van der Waals surface area (Å²) in [6, 6.07) is 4.54. The molecule has 112 valence electrons. The topological polar surface area (TPSA) is 70.8 Å². The molecule has 0 spiro atoms. The molecular weight excluding hydrogens is 279 g/mol. The Bertz CT molecular complexity index is 463. The van der Waals surface area contributed by atoms with Gasteiger partial charge in [-0.05, 0) is 12.1 Å². The molecule has 8 heteroatoms. The number of alkyl halides is 3. The predicted molar refractivity (Wildman–Crippen MR) is 64.6 cm³/mol. The second kappa shape index (κ2) is 6.99. The van der Waals surface area contributed by atoms with Gasteiger partial charge in [0.15, 0.2) is 0 Å². The van der Waals surface area contributed by atoms with E-state index in [0.29, 0.717) is 5.75 Å². The first-order chi connectivity index (χ1) is 9.35. The summed E-state index contributed by atoms with van der Waals surface area (Å²) in [7, 11) is 1.39. The van der Waals surface area contributed by atoms with Crippen molar-refractivity contribution in [1.29, 1.82) is 0 Å². The summed E-state index contributed by atoms with van der Waals surface area (Å²) in [5.74, 6) is -0.440. The normalized spacial score (nSPS) is 11.2. The number of carbonyl (C=O) groups excluding carboxylic acids is 1. The fourth-order valence-corrected chi connectivity index (χ4v) is 1.36. The van der Waals surface area contributed by atoms with Gasteiger partial charge in [0.05, 0.1) is 25.0 Å². The largest absolute Gasteiger partial charge is 0.495 e. The van der Waals surface area contributed by atoms with E-state index in [2.05, 4.69) is 4.74 Å². The van der Waals surface area contributed by atoms with Crippen molar-refractivity contribution in [2.24, 2.45) is 0 Å². The van der Waals surface area contributed by atoms with Crippen LogP contribution in [0, 0.1) is 0 Å². The quantitative estimate of drug-likeness (QED) is 0.493. The monoisotopic (exact) mass is 293 g/mol. The number of methoxy groups -OCH3 is 1. The van der Waals surface area contributed by atoms with Gasteiger partial charge in [0.2, 0.25) is 0 Å². The Hall–Kier alpha value is -1.96. The SMILES string of the molecule is COc1cccc(C(=O)OCCOCC(F)(F)F)c1N. The number of benzene rings is 1. The van der Waals surface area contributed by atoms with E-state index in [4.69, 9.17) is 15.2 Å². The van der Waals surface area contributed by atoms with Crippen LogP contribution in [0.2, 0.25) is 0 Å². The highest BCUT2D eigenvalue weighted by Crippen LogP contribution is 2.25. The lowest BCUT2D eigenvalue weighted by Gasteiger charge is -2.10. The molecule has 0 saturated carbocycles. The molecule has 0 heterocycles. The van der Waals surface area contributed by atoms with E-state index in [1.54, 1.807) is 12.1 Å². The van der Waals surface area contributed by atoms with Crippen LogP contribution >= 0.6 is 0 Å². The third-order valence-corrected chi connectivity index (χ3v) is 2.23. The van der Waals surface area contributed by atoms with Gasteiger partial charge in [-0.1, -0.05) is 6.07 Å². The Labute approximate surface area is 113 Å². The fourth-order valence-electron chi connectivity index (χ4n) is 1.36. The molecule has 0 atom stereocenters. The minimum atomic E-state index is -4.40. The summed E-state index contributed by atoms with van der Waals surface area (Å²) < 4.78 is 49.3. The van der Waals surface area contributed by atoms with Crippen molar-refractivity contribution >= 4 is 11.7 Å². The summed E-state index contributed by atoms with van der Waals surface area (Å²) in [5.41, 5.74) is 5.87. The number of carbonyl (C=O) groups is 1. The Balaban J connectivity index is 2.44. The van der Waals surface area contributed by atoms with Gasteiger partial charge in [-0.15, -0.1) is 0 Å². The molecule has 0 aliphatic carbocycles. The first-order valence-corrected chi connectivity index (χ1v) is 5.59. The molecule has 1 aromatic carbocycles. The number of para-hydroxylation sites is 1. The van der Waals surface area contributed by atoms with Crippen LogP contribution in [0.15, 0.2) is 18.2 Å². The van der Waals surface area contributed by atoms with Crippen molar-refractivity contribution in [2.75, 3.05) is 32.7 Å². The summed E-state index contributed by atoms with van der Waals surface area (Å²) in [6.07, 6.45) is -4.40. The molecule has 0 aromatic heterocycles. The van der Waals surface area contributed by atoms with Crippen molar-refractivity contribution in [2.45, 2.75) is 6.18 Å².